The second kappa shape index (κ2) is 6.07. The van der Waals surface area contributed by atoms with Gasteiger partial charge in [-0.05, 0) is 38.1 Å². The summed E-state index contributed by atoms with van der Waals surface area (Å²) in [6.07, 6.45) is 0. The lowest BCUT2D eigenvalue weighted by Crippen LogP contribution is -2.13. The van der Waals surface area contributed by atoms with Crippen molar-refractivity contribution in [3.63, 3.8) is 0 Å². The van der Waals surface area contributed by atoms with Gasteiger partial charge in [-0.2, -0.15) is 9.97 Å². The number of nitrogens with zero attached hydrogens (tertiary/aromatic N) is 5. The van der Waals surface area contributed by atoms with E-state index in [2.05, 4.69) is 30.5 Å². The number of fused-ring (bicyclic) bond motifs is 1. The molecule has 8 heteroatoms. The van der Waals surface area contributed by atoms with Crippen LogP contribution in [0.15, 0.2) is 24.3 Å². The van der Waals surface area contributed by atoms with Gasteiger partial charge in [-0.15, -0.1) is 10.2 Å². The molecule has 2 aromatic heterocycles. The van der Waals surface area contributed by atoms with Gasteiger partial charge in [0, 0.05) is 11.6 Å². The van der Waals surface area contributed by atoms with Gasteiger partial charge >= 0.3 is 0 Å². The number of ether oxygens (including phenoxy) is 1. The highest BCUT2D eigenvalue weighted by Gasteiger charge is 2.14. The third-order valence-electron chi connectivity index (χ3n) is 3.00. The van der Waals surface area contributed by atoms with Crippen LogP contribution in [0.2, 0.25) is 0 Å². The standard InChI is InChI=1S/C15H15FN6O/c1-8(2)17-15-19-13-11(14(20-15)23-3)18-12(21-22-13)9-4-6-10(16)7-5-9/h4-8H,1-3H3,(H,17,19,20,22). The molecule has 0 aliphatic carbocycles. The molecular formula is C15H15FN6O. The Hall–Kier alpha value is -2.90. The van der Waals surface area contributed by atoms with Crippen molar-refractivity contribution in [1.29, 1.82) is 0 Å². The largest absolute Gasteiger partial charge is 0.479 e. The molecule has 0 saturated carbocycles. The maximum absolute atomic E-state index is 13.0. The predicted octanol–water partition coefficient (Wildman–Crippen LogP) is 2.45. The molecule has 118 valence electrons. The Morgan fingerprint density at radius 1 is 1.04 bits per heavy atom. The monoisotopic (exact) mass is 314 g/mol. The molecule has 0 bridgehead atoms. The van der Waals surface area contributed by atoms with Crippen molar-refractivity contribution in [2.75, 3.05) is 12.4 Å². The average Bonchev–Trinajstić information content (AvgIpc) is 2.54. The van der Waals surface area contributed by atoms with Gasteiger partial charge < -0.3 is 10.1 Å². The van der Waals surface area contributed by atoms with Crippen molar-refractivity contribution in [1.82, 2.24) is 25.1 Å². The highest BCUT2D eigenvalue weighted by Crippen LogP contribution is 2.23. The molecule has 0 radical (unpaired) electrons. The first-order chi connectivity index (χ1) is 11.1. The molecule has 0 spiro atoms. The summed E-state index contributed by atoms with van der Waals surface area (Å²) in [5.41, 5.74) is 1.37. The van der Waals surface area contributed by atoms with Crippen LogP contribution in [0, 0.1) is 5.82 Å². The highest BCUT2D eigenvalue weighted by atomic mass is 19.1. The Morgan fingerprint density at radius 3 is 2.43 bits per heavy atom. The van der Waals surface area contributed by atoms with Crippen molar-refractivity contribution in [2.45, 2.75) is 19.9 Å². The number of methoxy groups -OCH3 is 1. The van der Waals surface area contributed by atoms with Crippen LogP contribution in [-0.4, -0.2) is 38.3 Å². The summed E-state index contributed by atoms with van der Waals surface area (Å²) in [5.74, 6) is 0.725. The smallest absolute Gasteiger partial charge is 0.247 e. The molecule has 3 aromatic rings. The van der Waals surface area contributed by atoms with Crippen LogP contribution in [0.3, 0.4) is 0 Å². The fourth-order valence-corrected chi connectivity index (χ4v) is 2.00. The van der Waals surface area contributed by atoms with Crippen molar-refractivity contribution >= 4 is 17.1 Å². The van der Waals surface area contributed by atoms with Gasteiger partial charge in [0.25, 0.3) is 0 Å². The molecular weight excluding hydrogens is 299 g/mol. The lowest BCUT2D eigenvalue weighted by Gasteiger charge is -2.10. The maximum Gasteiger partial charge on any atom is 0.247 e. The summed E-state index contributed by atoms with van der Waals surface area (Å²) in [7, 11) is 1.50. The maximum atomic E-state index is 13.0. The van der Waals surface area contributed by atoms with E-state index in [1.807, 2.05) is 13.8 Å². The first-order valence-corrected chi connectivity index (χ1v) is 7.05. The molecule has 0 atom stereocenters. The Labute approximate surface area is 132 Å². The first kappa shape index (κ1) is 15.0. The molecule has 0 aliphatic rings. The quantitative estimate of drug-likeness (QED) is 0.791. The van der Waals surface area contributed by atoms with E-state index in [0.717, 1.165) is 0 Å². The van der Waals surface area contributed by atoms with E-state index in [1.165, 1.54) is 19.2 Å². The minimum absolute atomic E-state index is 0.163. The summed E-state index contributed by atoms with van der Waals surface area (Å²) in [4.78, 5) is 12.9. The number of anilines is 1. The predicted molar refractivity (Wildman–Crippen MR) is 83.6 cm³/mol. The summed E-state index contributed by atoms with van der Waals surface area (Å²) < 4.78 is 18.3. The van der Waals surface area contributed by atoms with Crippen molar-refractivity contribution in [2.24, 2.45) is 0 Å². The lowest BCUT2D eigenvalue weighted by molar-refractivity contribution is 0.402. The average molecular weight is 314 g/mol. The normalized spacial score (nSPS) is 11.0. The van der Waals surface area contributed by atoms with Gasteiger partial charge in [0.2, 0.25) is 17.5 Å². The Bertz CT molecular complexity index is 837. The number of aromatic nitrogens is 5. The van der Waals surface area contributed by atoms with Crippen LogP contribution in [0.25, 0.3) is 22.6 Å². The lowest BCUT2D eigenvalue weighted by atomic mass is 10.2. The third kappa shape index (κ3) is 3.15. The number of hydrogen-bond acceptors (Lipinski definition) is 7. The van der Waals surface area contributed by atoms with Gasteiger partial charge in [-0.3, -0.25) is 0 Å². The second-order valence-electron chi connectivity index (χ2n) is 5.17. The molecule has 2 heterocycles. The van der Waals surface area contributed by atoms with Gasteiger partial charge in [-0.25, -0.2) is 9.37 Å². The van der Waals surface area contributed by atoms with Crippen LogP contribution < -0.4 is 10.1 Å². The molecule has 7 nitrogen and oxygen atoms in total. The van der Waals surface area contributed by atoms with E-state index in [1.54, 1.807) is 12.1 Å². The van der Waals surface area contributed by atoms with E-state index >= 15 is 0 Å². The minimum atomic E-state index is -0.326. The van der Waals surface area contributed by atoms with Gasteiger partial charge in [0.1, 0.15) is 5.82 Å². The van der Waals surface area contributed by atoms with E-state index in [9.17, 15) is 4.39 Å². The fraction of sp³-hybridized carbons (Fsp3) is 0.267. The summed E-state index contributed by atoms with van der Waals surface area (Å²) in [6.45, 7) is 3.95. The van der Waals surface area contributed by atoms with Crippen LogP contribution in [0.4, 0.5) is 10.3 Å². The number of halogens is 1. The minimum Gasteiger partial charge on any atom is -0.479 e. The van der Waals surface area contributed by atoms with E-state index < -0.39 is 0 Å². The van der Waals surface area contributed by atoms with Crippen molar-refractivity contribution in [3.8, 4) is 17.3 Å². The molecule has 1 N–H and O–H groups in total. The van der Waals surface area contributed by atoms with Crippen LogP contribution >= 0.6 is 0 Å². The van der Waals surface area contributed by atoms with Gasteiger partial charge in [-0.1, -0.05) is 0 Å². The molecule has 0 saturated heterocycles. The summed E-state index contributed by atoms with van der Waals surface area (Å²) in [5, 5.41) is 11.2. The number of nitrogens with one attached hydrogen (secondary N) is 1. The SMILES string of the molecule is COc1nc(NC(C)C)nc2nnc(-c3ccc(F)cc3)nc12. The first-order valence-electron chi connectivity index (χ1n) is 7.05. The zero-order valence-corrected chi connectivity index (χ0v) is 12.9. The molecule has 23 heavy (non-hydrogen) atoms. The van der Waals surface area contributed by atoms with Crippen molar-refractivity contribution < 1.29 is 9.13 Å². The van der Waals surface area contributed by atoms with E-state index in [-0.39, 0.29) is 11.9 Å². The number of rotatable bonds is 4. The van der Waals surface area contributed by atoms with Gasteiger partial charge in [0.15, 0.2) is 11.3 Å². The topological polar surface area (TPSA) is 85.7 Å². The molecule has 3 rings (SSSR count). The Balaban J connectivity index is 2.10. The number of hydrogen-bond donors (Lipinski definition) is 1. The highest BCUT2D eigenvalue weighted by molar-refractivity contribution is 5.78. The van der Waals surface area contributed by atoms with Crippen LogP contribution in [-0.2, 0) is 0 Å². The Kier molecular flexibility index (Phi) is 3.96. The zero-order valence-electron chi connectivity index (χ0n) is 12.9. The summed E-state index contributed by atoms with van der Waals surface area (Å²) in [6, 6.07) is 6.01. The zero-order chi connectivity index (χ0) is 16.4. The van der Waals surface area contributed by atoms with Crippen molar-refractivity contribution in [3.05, 3.63) is 30.1 Å². The fourth-order valence-electron chi connectivity index (χ4n) is 2.00. The number of benzene rings is 1. The second-order valence-corrected chi connectivity index (χ2v) is 5.17. The molecule has 0 fully saturated rings. The Morgan fingerprint density at radius 2 is 1.78 bits per heavy atom. The third-order valence-corrected chi connectivity index (χ3v) is 3.00. The van der Waals surface area contributed by atoms with Gasteiger partial charge in [0.05, 0.1) is 7.11 Å². The van der Waals surface area contributed by atoms with E-state index in [4.69, 9.17) is 4.74 Å². The molecule has 0 amide bonds. The van der Waals surface area contributed by atoms with Crippen LogP contribution in [0.5, 0.6) is 5.88 Å². The van der Waals surface area contributed by atoms with E-state index in [0.29, 0.717) is 34.4 Å². The molecule has 0 unspecified atom stereocenters. The molecule has 0 aliphatic heterocycles. The van der Waals surface area contributed by atoms with Crippen LogP contribution in [0.1, 0.15) is 13.8 Å². The molecule has 1 aromatic carbocycles. The summed E-state index contributed by atoms with van der Waals surface area (Å²) >= 11 is 0.